The van der Waals surface area contributed by atoms with Crippen molar-refractivity contribution in [2.45, 2.75) is 25.7 Å². The van der Waals surface area contributed by atoms with Gasteiger partial charge in [-0.15, -0.1) is 0 Å². The maximum absolute atomic E-state index is 12.3. The fourth-order valence-corrected chi connectivity index (χ4v) is 4.14. The van der Waals surface area contributed by atoms with Gasteiger partial charge in [0.25, 0.3) is 0 Å². The van der Waals surface area contributed by atoms with E-state index in [4.69, 9.17) is 4.74 Å². The second-order valence-electron chi connectivity index (χ2n) is 7.58. The number of aryl methyl sites for hydroxylation is 1. The topological polar surface area (TPSA) is 71.0 Å². The Morgan fingerprint density at radius 3 is 2.59 bits per heavy atom. The lowest BCUT2D eigenvalue weighted by Crippen LogP contribution is -2.36. The number of fused-ring (bicyclic) bond motifs is 1. The van der Waals surface area contributed by atoms with Gasteiger partial charge in [0.1, 0.15) is 5.92 Å². The predicted molar refractivity (Wildman–Crippen MR) is 114 cm³/mol. The Bertz CT molecular complexity index is 944. The molecule has 0 bridgehead atoms. The van der Waals surface area contributed by atoms with Crippen molar-refractivity contribution in [1.29, 1.82) is 0 Å². The second-order valence-corrected chi connectivity index (χ2v) is 7.58. The summed E-state index contributed by atoms with van der Waals surface area (Å²) in [6, 6.07) is 13.9. The van der Waals surface area contributed by atoms with Gasteiger partial charge in [-0.05, 0) is 61.2 Å². The fraction of sp³-hybridized carbons (Fsp3) is 0.348. The van der Waals surface area contributed by atoms with E-state index >= 15 is 0 Å². The van der Waals surface area contributed by atoms with Crippen molar-refractivity contribution < 1.29 is 14.3 Å². The molecule has 2 aromatic carbocycles. The Morgan fingerprint density at radius 1 is 1.17 bits per heavy atom. The van der Waals surface area contributed by atoms with E-state index in [0.717, 1.165) is 54.1 Å². The number of carbonyl (C=O) groups excluding carboxylic acids is 2. The SMILES string of the molecule is COC(=O)C1CCN(c2ccc(N=CC3C(=O)Nc4cccc(C)c43)cc2)CC1. The van der Waals surface area contributed by atoms with Crippen LogP contribution in [0.4, 0.5) is 17.1 Å². The number of esters is 1. The largest absolute Gasteiger partial charge is 0.469 e. The van der Waals surface area contributed by atoms with Crippen LogP contribution in [0.1, 0.15) is 29.9 Å². The summed E-state index contributed by atoms with van der Waals surface area (Å²) in [5, 5.41) is 2.92. The van der Waals surface area contributed by atoms with Gasteiger partial charge in [-0.1, -0.05) is 12.1 Å². The Labute approximate surface area is 170 Å². The van der Waals surface area contributed by atoms with Crippen molar-refractivity contribution in [2.75, 3.05) is 30.4 Å². The van der Waals surface area contributed by atoms with Gasteiger partial charge >= 0.3 is 5.97 Å². The molecule has 6 heteroatoms. The number of nitrogens with zero attached hydrogens (tertiary/aromatic N) is 2. The lowest BCUT2D eigenvalue weighted by molar-refractivity contribution is -0.146. The molecule has 1 N–H and O–H groups in total. The van der Waals surface area contributed by atoms with E-state index in [9.17, 15) is 9.59 Å². The van der Waals surface area contributed by atoms with Crippen molar-refractivity contribution in [3.05, 3.63) is 53.6 Å². The van der Waals surface area contributed by atoms with Gasteiger partial charge in [-0.25, -0.2) is 0 Å². The zero-order valence-corrected chi connectivity index (χ0v) is 16.7. The molecule has 0 spiro atoms. The van der Waals surface area contributed by atoms with Gasteiger partial charge in [0, 0.05) is 30.7 Å². The van der Waals surface area contributed by atoms with Gasteiger partial charge in [0.05, 0.1) is 18.7 Å². The first kappa shape index (κ1) is 19.2. The highest BCUT2D eigenvalue weighted by molar-refractivity contribution is 6.13. The average molecular weight is 391 g/mol. The van der Waals surface area contributed by atoms with Crippen LogP contribution >= 0.6 is 0 Å². The maximum atomic E-state index is 12.3. The van der Waals surface area contributed by atoms with Crippen molar-refractivity contribution in [2.24, 2.45) is 10.9 Å². The van der Waals surface area contributed by atoms with Crippen LogP contribution in [-0.2, 0) is 14.3 Å². The molecule has 1 saturated heterocycles. The molecule has 150 valence electrons. The third kappa shape index (κ3) is 3.88. The highest BCUT2D eigenvalue weighted by Crippen LogP contribution is 2.34. The molecule has 4 rings (SSSR count). The number of aliphatic imine (C=N–C) groups is 1. The molecule has 1 unspecified atom stereocenters. The number of anilines is 2. The zero-order chi connectivity index (χ0) is 20.4. The van der Waals surface area contributed by atoms with Crippen LogP contribution in [0.15, 0.2) is 47.5 Å². The van der Waals surface area contributed by atoms with Crippen molar-refractivity contribution >= 4 is 35.2 Å². The summed E-state index contributed by atoms with van der Waals surface area (Å²) in [5.74, 6) is -0.502. The van der Waals surface area contributed by atoms with E-state index in [1.165, 1.54) is 7.11 Å². The summed E-state index contributed by atoms with van der Waals surface area (Å²) >= 11 is 0. The summed E-state index contributed by atoms with van der Waals surface area (Å²) in [6.45, 7) is 3.68. The van der Waals surface area contributed by atoms with E-state index in [1.54, 1.807) is 6.21 Å². The van der Waals surface area contributed by atoms with Gasteiger partial charge in [-0.3, -0.25) is 14.6 Å². The highest BCUT2D eigenvalue weighted by Gasteiger charge is 2.30. The maximum Gasteiger partial charge on any atom is 0.308 e. The number of hydrogen-bond acceptors (Lipinski definition) is 5. The smallest absolute Gasteiger partial charge is 0.308 e. The predicted octanol–water partition coefficient (Wildman–Crippen LogP) is 3.82. The molecule has 0 saturated carbocycles. The van der Waals surface area contributed by atoms with Crippen LogP contribution < -0.4 is 10.2 Å². The van der Waals surface area contributed by atoms with Crippen LogP contribution in [-0.4, -0.2) is 38.3 Å². The molecule has 2 aliphatic heterocycles. The first-order valence-corrected chi connectivity index (χ1v) is 9.94. The third-order valence-corrected chi connectivity index (χ3v) is 5.79. The lowest BCUT2D eigenvalue weighted by atomic mass is 9.96. The number of amides is 1. The van der Waals surface area contributed by atoms with Crippen LogP contribution in [0.2, 0.25) is 0 Å². The molecule has 29 heavy (non-hydrogen) atoms. The normalized spacial score (nSPS) is 19.3. The van der Waals surface area contributed by atoms with Crippen molar-refractivity contribution in [1.82, 2.24) is 0 Å². The number of benzene rings is 2. The number of methoxy groups -OCH3 is 1. The molecule has 0 aliphatic carbocycles. The molecule has 6 nitrogen and oxygen atoms in total. The minimum Gasteiger partial charge on any atom is -0.469 e. The number of nitrogens with one attached hydrogen (secondary N) is 1. The molecule has 1 amide bonds. The number of carbonyl (C=O) groups is 2. The zero-order valence-electron chi connectivity index (χ0n) is 16.7. The van der Waals surface area contributed by atoms with E-state index in [1.807, 2.05) is 49.4 Å². The van der Waals surface area contributed by atoms with Crippen molar-refractivity contribution in [3.8, 4) is 0 Å². The first-order valence-electron chi connectivity index (χ1n) is 9.94. The quantitative estimate of drug-likeness (QED) is 0.635. The van der Waals surface area contributed by atoms with Crippen LogP contribution in [0.25, 0.3) is 0 Å². The molecule has 1 fully saturated rings. The number of ether oxygens (including phenoxy) is 1. The minimum absolute atomic E-state index is 0.00372. The fourth-order valence-electron chi connectivity index (χ4n) is 4.14. The Kier molecular flexibility index (Phi) is 5.34. The lowest BCUT2D eigenvalue weighted by Gasteiger charge is -2.32. The molecular weight excluding hydrogens is 366 g/mol. The van der Waals surface area contributed by atoms with Crippen LogP contribution in [0, 0.1) is 12.8 Å². The Hall–Kier alpha value is -3.15. The monoisotopic (exact) mass is 391 g/mol. The average Bonchev–Trinajstić information content (AvgIpc) is 3.08. The summed E-state index contributed by atoms with van der Waals surface area (Å²) in [6.07, 6.45) is 3.34. The first-order chi connectivity index (χ1) is 14.1. The molecule has 0 aromatic heterocycles. The Morgan fingerprint density at radius 2 is 1.90 bits per heavy atom. The van der Waals surface area contributed by atoms with E-state index < -0.39 is 0 Å². The standard InChI is InChI=1S/C23H25N3O3/c1-15-4-3-5-20-21(15)19(22(27)25-20)14-24-17-6-8-18(9-7-17)26-12-10-16(11-13-26)23(28)29-2/h3-9,14,16,19H,10-13H2,1-2H3,(H,25,27). The summed E-state index contributed by atoms with van der Waals surface area (Å²) in [4.78, 5) is 30.8. The number of rotatable bonds is 4. The van der Waals surface area contributed by atoms with Gasteiger partial charge < -0.3 is 15.0 Å². The van der Waals surface area contributed by atoms with E-state index in [-0.39, 0.29) is 23.7 Å². The molecule has 0 radical (unpaired) electrons. The molecule has 2 aliphatic rings. The van der Waals surface area contributed by atoms with Crippen LogP contribution in [0.3, 0.4) is 0 Å². The number of piperidine rings is 1. The van der Waals surface area contributed by atoms with E-state index in [0.29, 0.717) is 0 Å². The molecule has 2 heterocycles. The molecule has 2 aromatic rings. The summed E-state index contributed by atoms with van der Waals surface area (Å²) in [5.41, 5.74) is 4.90. The van der Waals surface area contributed by atoms with Crippen LogP contribution in [0.5, 0.6) is 0 Å². The molecular formula is C23H25N3O3. The second kappa shape index (κ2) is 8.07. The van der Waals surface area contributed by atoms with E-state index in [2.05, 4.69) is 15.2 Å². The molecule has 1 atom stereocenters. The summed E-state index contributed by atoms with van der Waals surface area (Å²) < 4.78 is 4.85. The third-order valence-electron chi connectivity index (χ3n) is 5.79. The van der Waals surface area contributed by atoms with Crippen molar-refractivity contribution in [3.63, 3.8) is 0 Å². The number of hydrogen-bond donors (Lipinski definition) is 1. The van der Waals surface area contributed by atoms with Gasteiger partial charge in [0.2, 0.25) is 5.91 Å². The Balaban J connectivity index is 1.42. The minimum atomic E-state index is -0.358. The summed E-state index contributed by atoms with van der Waals surface area (Å²) in [7, 11) is 1.45. The van der Waals surface area contributed by atoms with Gasteiger partial charge in [0.15, 0.2) is 0 Å². The van der Waals surface area contributed by atoms with Gasteiger partial charge in [-0.2, -0.15) is 0 Å². The highest BCUT2D eigenvalue weighted by atomic mass is 16.5.